The first kappa shape index (κ1) is 16.7. The fourth-order valence-corrected chi connectivity index (χ4v) is 4.74. The molecule has 2 rings (SSSR count). The number of nitrogens with zero attached hydrogens (tertiary/aromatic N) is 1. The number of rotatable bonds is 2. The molecule has 1 fully saturated rings. The number of hydrogen-bond donors (Lipinski definition) is 2. The Hall–Kier alpha value is -0.630. The van der Waals surface area contributed by atoms with Gasteiger partial charge in [0.05, 0.1) is 10.5 Å². The molecule has 0 saturated carbocycles. The maximum Gasteiger partial charge on any atom is 0.243 e. The minimum Gasteiger partial charge on any atom is -0.398 e. The molecule has 3 N–H and O–H groups in total. The van der Waals surface area contributed by atoms with Crippen molar-refractivity contribution in [3.05, 3.63) is 22.2 Å². The summed E-state index contributed by atoms with van der Waals surface area (Å²) in [7, 11) is -3.58. The van der Waals surface area contributed by atoms with Crippen molar-refractivity contribution in [2.75, 3.05) is 18.8 Å². The van der Waals surface area contributed by atoms with Crippen LogP contribution >= 0.6 is 15.9 Å². The number of aliphatic hydroxyl groups is 1. The fourth-order valence-electron chi connectivity index (χ4n) is 2.56. The van der Waals surface area contributed by atoms with Gasteiger partial charge in [-0.3, -0.25) is 0 Å². The molecule has 0 radical (unpaired) electrons. The molecule has 118 valence electrons. The predicted molar refractivity (Wildman–Crippen MR) is 86.5 cm³/mol. The number of halogens is 1. The molecule has 1 aliphatic heterocycles. The second-order valence-corrected chi connectivity index (χ2v) is 8.65. The maximum absolute atomic E-state index is 12.8. The van der Waals surface area contributed by atoms with Crippen LogP contribution in [0.1, 0.15) is 31.7 Å². The summed E-state index contributed by atoms with van der Waals surface area (Å²) in [5, 5.41) is 10.1. The summed E-state index contributed by atoms with van der Waals surface area (Å²) in [6.45, 7) is 4.26. The molecule has 0 bridgehead atoms. The van der Waals surface area contributed by atoms with Crippen molar-refractivity contribution in [2.24, 2.45) is 0 Å². The number of hydrogen-bond acceptors (Lipinski definition) is 4. The number of nitrogen functional groups attached to an aromatic ring is 1. The smallest absolute Gasteiger partial charge is 0.243 e. The van der Waals surface area contributed by atoms with Crippen molar-refractivity contribution < 1.29 is 13.5 Å². The molecule has 21 heavy (non-hydrogen) atoms. The van der Waals surface area contributed by atoms with Gasteiger partial charge in [-0.15, -0.1) is 0 Å². The summed E-state index contributed by atoms with van der Waals surface area (Å²) in [5.41, 5.74) is 6.09. The molecule has 1 heterocycles. The average molecular weight is 377 g/mol. The van der Waals surface area contributed by atoms with E-state index in [0.29, 0.717) is 48.1 Å². The summed E-state index contributed by atoms with van der Waals surface area (Å²) >= 11 is 3.30. The highest BCUT2D eigenvalue weighted by atomic mass is 79.9. The van der Waals surface area contributed by atoms with Crippen molar-refractivity contribution in [3.8, 4) is 0 Å². The van der Waals surface area contributed by atoms with Crippen LogP contribution in [0.4, 0.5) is 5.69 Å². The van der Waals surface area contributed by atoms with E-state index in [1.165, 1.54) is 10.4 Å². The van der Waals surface area contributed by atoms with Crippen LogP contribution in [0.25, 0.3) is 0 Å². The fraction of sp³-hybridized carbons (Fsp3) is 0.571. The summed E-state index contributed by atoms with van der Waals surface area (Å²) in [6.07, 6.45) is 1.70. The van der Waals surface area contributed by atoms with Crippen LogP contribution in [0, 0.1) is 6.92 Å². The van der Waals surface area contributed by atoms with Gasteiger partial charge in [0.15, 0.2) is 0 Å². The van der Waals surface area contributed by atoms with Crippen molar-refractivity contribution in [3.63, 3.8) is 0 Å². The largest absolute Gasteiger partial charge is 0.398 e. The second kappa shape index (κ2) is 5.87. The van der Waals surface area contributed by atoms with Crippen LogP contribution in [0.3, 0.4) is 0 Å². The summed E-state index contributed by atoms with van der Waals surface area (Å²) in [4.78, 5) is 0.241. The van der Waals surface area contributed by atoms with Gasteiger partial charge >= 0.3 is 0 Å². The number of benzene rings is 1. The quantitative estimate of drug-likeness (QED) is 0.775. The summed E-state index contributed by atoms with van der Waals surface area (Å²) < 4.78 is 27.8. The molecule has 7 heteroatoms. The Labute approximate surface area is 134 Å². The Morgan fingerprint density at radius 3 is 2.67 bits per heavy atom. The Morgan fingerprint density at radius 2 is 2.00 bits per heavy atom. The Balaban J connectivity index is 2.36. The third kappa shape index (κ3) is 3.59. The molecular weight excluding hydrogens is 356 g/mol. The Morgan fingerprint density at radius 1 is 1.33 bits per heavy atom. The lowest BCUT2D eigenvalue weighted by atomic mass is 9.98. The van der Waals surface area contributed by atoms with Gasteiger partial charge in [0.25, 0.3) is 0 Å². The molecule has 1 aromatic rings. The first-order valence-electron chi connectivity index (χ1n) is 6.92. The van der Waals surface area contributed by atoms with Gasteiger partial charge in [0.2, 0.25) is 10.0 Å². The van der Waals surface area contributed by atoms with E-state index in [9.17, 15) is 13.5 Å². The standard InChI is InChI=1S/C14H21BrN2O3S/c1-10-8-11(15)12(16)9-13(10)21(19,20)17-6-3-4-14(2,18)5-7-17/h8-9,18H,3-7,16H2,1-2H3. The molecule has 5 nitrogen and oxygen atoms in total. The van der Waals surface area contributed by atoms with E-state index in [4.69, 9.17) is 5.73 Å². The predicted octanol–water partition coefficient (Wildman–Crippen LogP) is 2.27. The molecule has 0 aliphatic carbocycles. The first-order chi connectivity index (χ1) is 9.63. The number of anilines is 1. The number of sulfonamides is 1. The van der Waals surface area contributed by atoms with E-state index in [1.54, 1.807) is 19.9 Å². The van der Waals surface area contributed by atoms with E-state index in [1.807, 2.05) is 0 Å². The molecule has 0 spiro atoms. The highest BCUT2D eigenvalue weighted by Crippen LogP contribution is 2.30. The second-order valence-electron chi connectivity index (χ2n) is 5.89. The normalized spacial score (nSPS) is 24.8. The van der Waals surface area contributed by atoms with Gasteiger partial charge in [-0.25, -0.2) is 8.42 Å². The van der Waals surface area contributed by atoms with E-state index in [2.05, 4.69) is 15.9 Å². The lowest BCUT2D eigenvalue weighted by Crippen LogP contribution is -2.34. The molecule has 0 amide bonds. The van der Waals surface area contributed by atoms with Crippen molar-refractivity contribution in [2.45, 2.75) is 43.6 Å². The van der Waals surface area contributed by atoms with Crippen LogP contribution < -0.4 is 5.73 Å². The van der Waals surface area contributed by atoms with Gasteiger partial charge in [0.1, 0.15) is 0 Å². The Kier molecular flexibility index (Phi) is 4.68. The number of aryl methyl sites for hydroxylation is 1. The Bertz CT molecular complexity index is 644. The molecular formula is C14H21BrN2O3S. The summed E-state index contributed by atoms with van der Waals surface area (Å²) in [6, 6.07) is 3.22. The summed E-state index contributed by atoms with van der Waals surface area (Å²) in [5.74, 6) is 0. The maximum atomic E-state index is 12.8. The lowest BCUT2D eigenvalue weighted by Gasteiger charge is -2.23. The first-order valence-corrected chi connectivity index (χ1v) is 9.15. The third-order valence-corrected chi connectivity index (χ3v) is 6.66. The van der Waals surface area contributed by atoms with Crippen LogP contribution in [0.2, 0.25) is 0 Å². The zero-order chi connectivity index (χ0) is 15.8. The van der Waals surface area contributed by atoms with E-state index in [-0.39, 0.29) is 4.90 Å². The SMILES string of the molecule is Cc1cc(Br)c(N)cc1S(=O)(=O)N1CCCC(C)(O)CC1. The number of nitrogens with two attached hydrogens (primary N) is 1. The van der Waals surface area contributed by atoms with Crippen LogP contribution in [0.5, 0.6) is 0 Å². The van der Waals surface area contributed by atoms with Crippen molar-refractivity contribution in [1.29, 1.82) is 0 Å². The molecule has 1 saturated heterocycles. The van der Waals surface area contributed by atoms with Gasteiger partial charge in [0, 0.05) is 23.2 Å². The van der Waals surface area contributed by atoms with Crippen LogP contribution in [0.15, 0.2) is 21.5 Å². The van der Waals surface area contributed by atoms with E-state index < -0.39 is 15.6 Å². The van der Waals surface area contributed by atoms with Gasteiger partial charge in [-0.2, -0.15) is 4.31 Å². The van der Waals surface area contributed by atoms with Crippen molar-refractivity contribution in [1.82, 2.24) is 4.31 Å². The zero-order valence-corrected chi connectivity index (χ0v) is 14.7. The van der Waals surface area contributed by atoms with Gasteiger partial charge in [-0.05, 0) is 66.7 Å². The lowest BCUT2D eigenvalue weighted by molar-refractivity contribution is 0.0465. The van der Waals surface area contributed by atoms with Crippen molar-refractivity contribution >= 4 is 31.6 Å². The molecule has 0 aromatic heterocycles. The van der Waals surface area contributed by atoms with Crippen LogP contribution in [-0.2, 0) is 10.0 Å². The minimum atomic E-state index is -3.58. The molecule has 1 aromatic carbocycles. The van der Waals surface area contributed by atoms with Gasteiger partial charge in [-0.1, -0.05) is 0 Å². The monoisotopic (exact) mass is 376 g/mol. The minimum absolute atomic E-state index is 0.241. The highest BCUT2D eigenvalue weighted by Gasteiger charge is 2.32. The van der Waals surface area contributed by atoms with Crippen LogP contribution in [-0.4, -0.2) is 36.5 Å². The molecule has 1 aliphatic rings. The zero-order valence-electron chi connectivity index (χ0n) is 12.3. The average Bonchev–Trinajstić information content (AvgIpc) is 2.55. The highest BCUT2D eigenvalue weighted by molar-refractivity contribution is 9.10. The van der Waals surface area contributed by atoms with E-state index in [0.717, 1.165) is 0 Å². The topological polar surface area (TPSA) is 83.6 Å². The molecule has 1 atom stereocenters. The van der Waals surface area contributed by atoms with E-state index >= 15 is 0 Å². The molecule has 1 unspecified atom stereocenters. The van der Waals surface area contributed by atoms with Gasteiger partial charge < -0.3 is 10.8 Å². The third-order valence-electron chi connectivity index (χ3n) is 3.93.